The normalized spacial score (nSPS) is 12.4. The number of nitrogens with one attached hydrogen (secondary N) is 2. The second-order valence-electron chi connectivity index (χ2n) is 2.05. The Morgan fingerprint density at radius 1 is 1.54 bits per heavy atom. The summed E-state index contributed by atoms with van der Waals surface area (Å²) in [6, 6.07) is 0. The number of rotatable bonds is 4. The molecule has 0 aliphatic heterocycles. The van der Waals surface area contributed by atoms with Crippen LogP contribution in [0.2, 0.25) is 0 Å². The summed E-state index contributed by atoms with van der Waals surface area (Å²) in [6.07, 6.45) is -3.32. The highest BCUT2D eigenvalue weighted by molar-refractivity contribution is 6.07. The Labute approximate surface area is 71.6 Å². The molecule has 0 aromatic carbocycles. The molecule has 13 heavy (non-hydrogen) atoms. The Hall–Kier alpha value is -1.53. The number of hydrogen-bond donors (Lipinski definition) is 3. The van der Waals surface area contributed by atoms with E-state index in [2.05, 4.69) is 0 Å². The molecule has 0 radical (unpaired) electrons. The number of carboxylic acids is 1. The van der Waals surface area contributed by atoms with E-state index >= 15 is 0 Å². The first kappa shape index (κ1) is 11.5. The smallest absolute Gasteiger partial charge is 0.405 e. The molecule has 0 saturated carbocycles. The molecule has 0 spiro atoms. The topological polar surface area (TPSA) is 73.2 Å². The highest BCUT2D eigenvalue weighted by Crippen LogP contribution is 2.12. The molecule has 0 rings (SSSR count). The number of carbonyl (C=O) groups is 1. The van der Waals surface area contributed by atoms with Crippen LogP contribution in [0.15, 0.2) is 11.8 Å². The SMILES string of the molecule is N=C/C(=C\NCC(F)(F)F)C(=O)O. The number of hydrogen-bond acceptors (Lipinski definition) is 3. The number of halogens is 3. The molecule has 0 aromatic heterocycles. The quantitative estimate of drug-likeness (QED) is 0.459. The lowest BCUT2D eigenvalue weighted by Crippen LogP contribution is -2.25. The van der Waals surface area contributed by atoms with Crippen molar-refractivity contribution in [2.24, 2.45) is 0 Å². The van der Waals surface area contributed by atoms with Gasteiger partial charge in [-0.15, -0.1) is 0 Å². The van der Waals surface area contributed by atoms with Crippen LogP contribution in [0.1, 0.15) is 0 Å². The lowest BCUT2D eigenvalue weighted by Gasteiger charge is -2.05. The maximum atomic E-state index is 11.5. The van der Waals surface area contributed by atoms with E-state index in [9.17, 15) is 18.0 Å². The molecule has 0 amide bonds. The fourth-order valence-corrected chi connectivity index (χ4v) is 0.442. The van der Waals surface area contributed by atoms with Gasteiger partial charge in [0.05, 0.1) is 5.57 Å². The molecule has 0 bridgehead atoms. The maximum absolute atomic E-state index is 11.5. The van der Waals surface area contributed by atoms with Crippen molar-refractivity contribution in [2.45, 2.75) is 6.18 Å². The van der Waals surface area contributed by atoms with Gasteiger partial charge in [0, 0.05) is 12.4 Å². The van der Waals surface area contributed by atoms with E-state index in [1.807, 2.05) is 0 Å². The third kappa shape index (κ3) is 5.71. The number of aliphatic carboxylic acids is 1. The number of alkyl halides is 3. The van der Waals surface area contributed by atoms with Crippen LogP contribution in [0.4, 0.5) is 13.2 Å². The Morgan fingerprint density at radius 2 is 2.08 bits per heavy atom. The minimum Gasteiger partial charge on any atom is -0.478 e. The summed E-state index contributed by atoms with van der Waals surface area (Å²) in [4.78, 5) is 10.1. The van der Waals surface area contributed by atoms with Crippen LogP contribution in [-0.4, -0.2) is 30.0 Å². The lowest BCUT2D eigenvalue weighted by atomic mass is 10.3. The Morgan fingerprint density at radius 3 is 2.38 bits per heavy atom. The van der Waals surface area contributed by atoms with Gasteiger partial charge in [0.15, 0.2) is 0 Å². The Balaban J connectivity index is 4.10. The molecule has 0 atom stereocenters. The van der Waals surface area contributed by atoms with E-state index in [4.69, 9.17) is 10.5 Å². The van der Waals surface area contributed by atoms with E-state index in [0.717, 1.165) is 0 Å². The predicted octanol–water partition coefficient (Wildman–Crippen LogP) is 0.756. The molecule has 0 unspecified atom stereocenters. The van der Waals surface area contributed by atoms with Gasteiger partial charge < -0.3 is 15.8 Å². The molecule has 0 fully saturated rings. The second-order valence-corrected chi connectivity index (χ2v) is 2.05. The van der Waals surface area contributed by atoms with E-state index in [1.54, 1.807) is 5.32 Å². The molecule has 3 N–H and O–H groups in total. The number of carboxylic acid groups (broad SMARTS) is 1. The van der Waals surface area contributed by atoms with Crippen molar-refractivity contribution in [2.75, 3.05) is 6.54 Å². The largest absolute Gasteiger partial charge is 0.478 e. The summed E-state index contributed by atoms with van der Waals surface area (Å²) in [5, 5.41) is 16.5. The van der Waals surface area contributed by atoms with Crippen molar-refractivity contribution in [3.8, 4) is 0 Å². The van der Waals surface area contributed by atoms with Crippen LogP contribution in [0.25, 0.3) is 0 Å². The highest BCUT2D eigenvalue weighted by Gasteiger charge is 2.25. The summed E-state index contributed by atoms with van der Waals surface area (Å²) in [7, 11) is 0. The summed E-state index contributed by atoms with van der Waals surface area (Å²) < 4.78 is 34.5. The van der Waals surface area contributed by atoms with Crippen molar-refractivity contribution in [1.29, 1.82) is 5.41 Å². The maximum Gasteiger partial charge on any atom is 0.405 e. The second kappa shape index (κ2) is 4.48. The average Bonchev–Trinajstić information content (AvgIpc) is 1.95. The first-order chi connectivity index (χ1) is 5.87. The average molecular weight is 196 g/mol. The van der Waals surface area contributed by atoms with Gasteiger partial charge in [-0.05, 0) is 0 Å². The molecule has 0 heterocycles. The minimum atomic E-state index is -4.40. The van der Waals surface area contributed by atoms with Crippen LogP contribution in [-0.2, 0) is 4.79 Å². The predicted molar refractivity (Wildman–Crippen MR) is 38.6 cm³/mol. The molecular formula is C6H7F3N2O2. The van der Waals surface area contributed by atoms with Gasteiger partial charge in [0.1, 0.15) is 6.54 Å². The minimum absolute atomic E-state index is 0.450. The molecule has 0 aromatic rings. The van der Waals surface area contributed by atoms with Gasteiger partial charge in [-0.2, -0.15) is 13.2 Å². The zero-order valence-corrected chi connectivity index (χ0v) is 6.35. The van der Waals surface area contributed by atoms with E-state index < -0.39 is 24.3 Å². The Bertz CT molecular complexity index is 235. The zero-order chi connectivity index (χ0) is 10.5. The highest BCUT2D eigenvalue weighted by atomic mass is 19.4. The fraction of sp³-hybridized carbons (Fsp3) is 0.333. The Kier molecular flexibility index (Phi) is 3.96. The monoisotopic (exact) mass is 196 g/mol. The van der Waals surface area contributed by atoms with Gasteiger partial charge in [-0.25, -0.2) is 4.79 Å². The molecule has 0 saturated heterocycles. The van der Waals surface area contributed by atoms with Crippen molar-refractivity contribution >= 4 is 12.2 Å². The molecule has 74 valence electrons. The van der Waals surface area contributed by atoms with Gasteiger partial charge >= 0.3 is 12.1 Å². The third-order valence-corrected chi connectivity index (χ3v) is 0.963. The fourth-order valence-electron chi connectivity index (χ4n) is 0.442. The summed E-state index contributed by atoms with van der Waals surface area (Å²) >= 11 is 0. The summed E-state index contributed by atoms with van der Waals surface area (Å²) in [5.41, 5.74) is -0.538. The summed E-state index contributed by atoms with van der Waals surface area (Å²) in [5.74, 6) is -1.45. The molecule has 7 heteroatoms. The van der Waals surface area contributed by atoms with Crippen molar-refractivity contribution in [3.63, 3.8) is 0 Å². The van der Waals surface area contributed by atoms with E-state index in [1.165, 1.54) is 0 Å². The van der Waals surface area contributed by atoms with E-state index in [0.29, 0.717) is 12.4 Å². The van der Waals surface area contributed by atoms with Gasteiger partial charge in [-0.1, -0.05) is 0 Å². The van der Waals surface area contributed by atoms with E-state index in [-0.39, 0.29) is 0 Å². The van der Waals surface area contributed by atoms with Crippen LogP contribution in [0.5, 0.6) is 0 Å². The van der Waals surface area contributed by atoms with Crippen LogP contribution in [0, 0.1) is 5.41 Å². The summed E-state index contributed by atoms with van der Waals surface area (Å²) in [6.45, 7) is -1.32. The third-order valence-electron chi connectivity index (χ3n) is 0.963. The first-order valence-electron chi connectivity index (χ1n) is 3.11. The van der Waals surface area contributed by atoms with Crippen LogP contribution < -0.4 is 5.32 Å². The standard InChI is InChI=1S/C6H7F3N2O2/c7-6(8,9)3-11-2-4(1-10)5(12)13/h1-2,10-11H,3H2,(H,12,13)/b4-2+,10-1?. The van der Waals surface area contributed by atoms with Gasteiger partial charge in [0.2, 0.25) is 0 Å². The molecule has 4 nitrogen and oxygen atoms in total. The molecule has 0 aliphatic carbocycles. The lowest BCUT2D eigenvalue weighted by molar-refractivity contribution is -0.132. The van der Waals surface area contributed by atoms with Crippen LogP contribution >= 0.6 is 0 Å². The van der Waals surface area contributed by atoms with Crippen molar-refractivity contribution < 1.29 is 23.1 Å². The first-order valence-corrected chi connectivity index (χ1v) is 3.11. The molecular weight excluding hydrogens is 189 g/mol. The molecule has 0 aliphatic rings. The zero-order valence-electron chi connectivity index (χ0n) is 6.35. The van der Waals surface area contributed by atoms with Gasteiger partial charge in [-0.3, -0.25) is 0 Å². The van der Waals surface area contributed by atoms with Crippen molar-refractivity contribution in [1.82, 2.24) is 5.32 Å². The van der Waals surface area contributed by atoms with Gasteiger partial charge in [0.25, 0.3) is 0 Å². The van der Waals surface area contributed by atoms with Crippen molar-refractivity contribution in [3.05, 3.63) is 11.8 Å². The van der Waals surface area contributed by atoms with Crippen LogP contribution in [0.3, 0.4) is 0 Å².